The summed E-state index contributed by atoms with van der Waals surface area (Å²) in [5.74, 6) is -0.807. The molecular formula is C25H29N5O4. The SMILES string of the molecule is CC(C)(C)OC(=O)[C@@H]1CCCN1C(=O)c1n[nH]c2c1CN(C(=O)c1cc3ccccc3[nH]1)CC2. The fourth-order valence-corrected chi connectivity index (χ4v) is 4.76. The number of fused-ring (bicyclic) bond motifs is 2. The highest BCUT2D eigenvalue weighted by molar-refractivity contribution is 5.99. The van der Waals surface area contributed by atoms with Crippen molar-refractivity contribution >= 4 is 28.7 Å². The Labute approximate surface area is 197 Å². The molecule has 3 aromatic rings. The number of carbonyl (C=O) groups excluding carboxylic acids is 3. The zero-order valence-electron chi connectivity index (χ0n) is 19.7. The van der Waals surface area contributed by atoms with Gasteiger partial charge in [-0.15, -0.1) is 0 Å². The summed E-state index contributed by atoms with van der Waals surface area (Å²) < 4.78 is 5.54. The molecule has 2 N–H and O–H groups in total. The van der Waals surface area contributed by atoms with Crippen molar-refractivity contribution in [3.05, 3.63) is 53.0 Å². The van der Waals surface area contributed by atoms with Gasteiger partial charge in [0, 0.05) is 41.7 Å². The maximum atomic E-state index is 13.5. The van der Waals surface area contributed by atoms with Gasteiger partial charge in [0.05, 0.1) is 6.54 Å². The fourth-order valence-electron chi connectivity index (χ4n) is 4.76. The van der Waals surface area contributed by atoms with Gasteiger partial charge >= 0.3 is 5.97 Å². The van der Waals surface area contributed by atoms with E-state index >= 15 is 0 Å². The van der Waals surface area contributed by atoms with Gasteiger partial charge in [0.25, 0.3) is 11.8 Å². The molecule has 0 unspecified atom stereocenters. The summed E-state index contributed by atoms with van der Waals surface area (Å²) in [7, 11) is 0. The second-order valence-corrected chi connectivity index (χ2v) is 9.97. The smallest absolute Gasteiger partial charge is 0.329 e. The Hall–Kier alpha value is -3.62. The first kappa shape index (κ1) is 22.2. The summed E-state index contributed by atoms with van der Waals surface area (Å²) in [6.45, 7) is 6.73. The Morgan fingerprint density at radius 2 is 1.91 bits per heavy atom. The van der Waals surface area contributed by atoms with E-state index in [0.717, 1.165) is 28.6 Å². The molecule has 2 aliphatic rings. The molecule has 178 valence electrons. The van der Waals surface area contributed by atoms with Gasteiger partial charge in [-0.3, -0.25) is 14.7 Å². The Bertz CT molecular complexity index is 1230. The first-order valence-electron chi connectivity index (χ1n) is 11.7. The highest BCUT2D eigenvalue weighted by Crippen LogP contribution is 2.27. The van der Waals surface area contributed by atoms with Crippen LogP contribution in [0.25, 0.3) is 10.9 Å². The van der Waals surface area contributed by atoms with Crippen LogP contribution in [0.2, 0.25) is 0 Å². The third kappa shape index (κ3) is 4.06. The lowest BCUT2D eigenvalue weighted by Gasteiger charge is -2.29. The number of nitrogens with one attached hydrogen (secondary N) is 2. The average Bonchev–Trinajstić information content (AvgIpc) is 3.54. The molecule has 0 spiro atoms. The molecule has 0 aliphatic carbocycles. The van der Waals surface area contributed by atoms with Gasteiger partial charge in [0.15, 0.2) is 5.69 Å². The third-order valence-electron chi connectivity index (χ3n) is 6.38. The predicted molar refractivity (Wildman–Crippen MR) is 125 cm³/mol. The van der Waals surface area contributed by atoms with Crippen LogP contribution in [0.1, 0.15) is 65.8 Å². The van der Waals surface area contributed by atoms with Gasteiger partial charge in [-0.1, -0.05) is 18.2 Å². The Morgan fingerprint density at radius 1 is 1.12 bits per heavy atom. The van der Waals surface area contributed by atoms with Gasteiger partial charge in [-0.05, 0) is 45.7 Å². The number of likely N-dealkylation sites (tertiary alicyclic amines) is 1. The van der Waals surface area contributed by atoms with E-state index in [0.29, 0.717) is 31.6 Å². The number of H-pyrrole nitrogens is 2. The quantitative estimate of drug-likeness (QED) is 0.580. The lowest BCUT2D eigenvalue weighted by atomic mass is 10.0. The minimum atomic E-state index is -0.622. The van der Waals surface area contributed by atoms with Gasteiger partial charge in [-0.25, -0.2) is 4.79 Å². The predicted octanol–water partition coefficient (Wildman–Crippen LogP) is 3.04. The van der Waals surface area contributed by atoms with Crippen molar-refractivity contribution in [1.29, 1.82) is 0 Å². The topological polar surface area (TPSA) is 111 Å². The number of hydrogen-bond acceptors (Lipinski definition) is 5. The van der Waals surface area contributed by atoms with Crippen molar-refractivity contribution in [2.75, 3.05) is 13.1 Å². The van der Waals surface area contributed by atoms with Crippen LogP contribution in [-0.4, -0.2) is 67.5 Å². The minimum absolute atomic E-state index is 0.116. The average molecular weight is 464 g/mol. The highest BCUT2D eigenvalue weighted by Gasteiger charge is 2.39. The van der Waals surface area contributed by atoms with Crippen molar-refractivity contribution in [3.63, 3.8) is 0 Å². The zero-order valence-corrected chi connectivity index (χ0v) is 19.7. The lowest BCUT2D eigenvalue weighted by Crippen LogP contribution is -2.44. The molecule has 4 heterocycles. The van der Waals surface area contributed by atoms with E-state index in [1.54, 1.807) is 9.80 Å². The zero-order chi connectivity index (χ0) is 24.0. The van der Waals surface area contributed by atoms with Crippen molar-refractivity contribution < 1.29 is 19.1 Å². The third-order valence-corrected chi connectivity index (χ3v) is 6.38. The Kier molecular flexibility index (Phi) is 5.42. The van der Waals surface area contributed by atoms with E-state index in [2.05, 4.69) is 15.2 Å². The number of benzene rings is 1. The lowest BCUT2D eigenvalue weighted by molar-refractivity contribution is -0.159. The van der Waals surface area contributed by atoms with E-state index in [1.807, 2.05) is 51.1 Å². The molecule has 5 rings (SSSR count). The van der Waals surface area contributed by atoms with Gasteiger partial charge in [0.1, 0.15) is 17.3 Å². The maximum Gasteiger partial charge on any atom is 0.329 e. The van der Waals surface area contributed by atoms with E-state index < -0.39 is 17.6 Å². The van der Waals surface area contributed by atoms with Crippen molar-refractivity contribution in [1.82, 2.24) is 25.0 Å². The van der Waals surface area contributed by atoms with Crippen LogP contribution >= 0.6 is 0 Å². The number of aromatic amines is 2. The summed E-state index contributed by atoms with van der Waals surface area (Å²) in [6, 6.07) is 8.98. The van der Waals surface area contributed by atoms with Crippen LogP contribution in [-0.2, 0) is 22.5 Å². The van der Waals surface area contributed by atoms with Gasteiger partial charge in [-0.2, -0.15) is 5.10 Å². The van der Waals surface area contributed by atoms with E-state index in [-0.39, 0.29) is 24.1 Å². The molecule has 0 saturated carbocycles. The number of aromatic nitrogens is 3. The summed E-state index contributed by atoms with van der Waals surface area (Å²) in [5, 5.41) is 8.25. The second-order valence-electron chi connectivity index (χ2n) is 9.97. The van der Waals surface area contributed by atoms with E-state index in [9.17, 15) is 14.4 Å². The van der Waals surface area contributed by atoms with Crippen molar-refractivity contribution in [2.24, 2.45) is 0 Å². The van der Waals surface area contributed by atoms with Crippen LogP contribution in [0.5, 0.6) is 0 Å². The standard InChI is InChI=1S/C25H29N5O4/c1-25(2,3)34-24(33)20-9-6-11-30(20)23(32)21-16-14-29(12-10-18(16)27-28-21)22(31)19-13-15-7-4-5-8-17(15)26-19/h4-5,7-8,13,20,26H,6,9-12,14H2,1-3H3,(H,27,28)/t20-/m0/s1. The molecule has 2 aromatic heterocycles. The fraction of sp³-hybridized carbons (Fsp3) is 0.440. The molecule has 0 bridgehead atoms. The number of nitrogens with zero attached hydrogens (tertiary/aromatic N) is 3. The van der Waals surface area contributed by atoms with Crippen LogP contribution in [0.15, 0.2) is 30.3 Å². The number of para-hydroxylation sites is 1. The van der Waals surface area contributed by atoms with Crippen LogP contribution < -0.4 is 0 Å². The Morgan fingerprint density at radius 3 is 2.68 bits per heavy atom. The second kappa shape index (κ2) is 8.30. The summed E-state index contributed by atoms with van der Waals surface area (Å²) in [5.41, 5.74) is 2.66. The molecule has 2 amide bonds. The van der Waals surface area contributed by atoms with Gasteiger partial charge < -0.3 is 19.5 Å². The van der Waals surface area contributed by atoms with Crippen molar-refractivity contribution in [2.45, 2.75) is 58.2 Å². The molecule has 9 nitrogen and oxygen atoms in total. The summed E-state index contributed by atoms with van der Waals surface area (Å²) in [4.78, 5) is 45.9. The molecule has 0 radical (unpaired) electrons. The number of ether oxygens (including phenoxy) is 1. The molecule has 34 heavy (non-hydrogen) atoms. The first-order chi connectivity index (χ1) is 16.2. The van der Waals surface area contributed by atoms with E-state index in [1.165, 1.54) is 0 Å². The number of hydrogen-bond donors (Lipinski definition) is 2. The number of esters is 1. The monoisotopic (exact) mass is 463 g/mol. The Balaban J connectivity index is 1.35. The largest absolute Gasteiger partial charge is 0.458 e. The number of rotatable bonds is 3. The number of amides is 2. The molecule has 9 heteroatoms. The van der Waals surface area contributed by atoms with Gasteiger partial charge in [0.2, 0.25) is 0 Å². The normalized spacial score (nSPS) is 18.3. The number of carbonyl (C=O) groups is 3. The van der Waals surface area contributed by atoms with Crippen molar-refractivity contribution in [3.8, 4) is 0 Å². The molecule has 1 saturated heterocycles. The van der Waals surface area contributed by atoms with Crippen LogP contribution in [0.3, 0.4) is 0 Å². The van der Waals surface area contributed by atoms with E-state index in [4.69, 9.17) is 4.74 Å². The molecular weight excluding hydrogens is 434 g/mol. The summed E-state index contributed by atoms with van der Waals surface area (Å²) in [6.07, 6.45) is 1.88. The molecule has 1 atom stereocenters. The van der Waals surface area contributed by atoms with Crippen LogP contribution in [0.4, 0.5) is 0 Å². The highest BCUT2D eigenvalue weighted by atomic mass is 16.6. The van der Waals surface area contributed by atoms with Crippen LogP contribution in [0, 0.1) is 0 Å². The molecule has 2 aliphatic heterocycles. The molecule has 1 fully saturated rings. The maximum absolute atomic E-state index is 13.5. The summed E-state index contributed by atoms with van der Waals surface area (Å²) >= 11 is 0. The minimum Gasteiger partial charge on any atom is -0.458 e. The first-order valence-corrected chi connectivity index (χ1v) is 11.7. The molecule has 1 aromatic carbocycles.